The average Bonchev–Trinajstić information content (AvgIpc) is 2.21. The fourth-order valence-corrected chi connectivity index (χ4v) is 1.68. The van der Waals surface area contributed by atoms with E-state index in [0.717, 1.165) is 17.4 Å². The van der Waals surface area contributed by atoms with Gasteiger partial charge in [-0.25, -0.2) is 0 Å². The standard InChI is InChI=1S/C10H10N2S/c1-2-5-9(6-3-1)12-10-11-7-4-8-13-10/h1-6,8H,7H2,(H,11,12). The van der Waals surface area contributed by atoms with Crippen LogP contribution in [0.25, 0.3) is 0 Å². The molecule has 1 heterocycles. The van der Waals surface area contributed by atoms with Crippen molar-refractivity contribution in [2.45, 2.75) is 0 Å². The van der Waals surface area contributed by atoms with E-state index in [1.54, 1.807) is 11.8 Å². The number of thioether (sulfide) groups is 1. The lowest BCUT2D eigenvalue weighted by Crippen LogP contribution is -2.08. The molecule has 0 aromatic heterocycles. The number of nitrogens with one attached hydrogen (secondary N) is 1. The maximum atomic E-state index is 4.31. The number of hydrogen-bond donors (Lipinski definition) is 1. The average molecular weight is 190 g/mol. The molecule has 1 aromatic carbocycles. The van der Waals surface area contributed by atoms with E-state index in [1.165, 1.54) is 0 Å². The van der Waals surface area contributed by atoms with E-state index in [2.05, 4.69) is 15.7 Å². The molecule has 13 heavy (non-hydrogen) atoms. The molecule has 0 saturated carbocycles. The molecular weight excluding hydrogens is 180 g/mol. The van der Waals surface area contributed by atoms with Gasteiger partial charge in [-0.2, -0.15) is 0 Å². The molecule has 0 bridgehead atoms. The van der Waals surface area contributed by atoms with Gasteiger partial charge in [0, 0.05) is 5.69 Å². The van der Waals surface area contributed by atoms with E-state index in [4.69, 9.17) is 0 Å². The number of aliphatic imine (C=N–C) groups is 1. The first-order valence-electron chi connectivity index (χ1n) is 4.13. The summed E-state index contributed by atoms with van der Waals surface area (Å²) in [6.45, 7) is 0.780. The van der Waals surface area contributed by atoms with E-state index in [9.17, 15) is 0 Å². The van der Waals surface area contributed by atoms with Crippen LogP contribution >= 0.6 is 11.8 Å². The first-order chi connectivity index (χ1) is 6.45. The van der Waals surface area contributed by atoms with E-state index >= 15 is 0 Å². The molecule has 0 fully saturated rings. The van der Waals surface area contributed by atoms with Gasteiger partial charge in [0.25, 0.3) is 0 Å². The number of hydrogen-bond acceptors (Lipinski definition) is 3. The molecule has 1 aromatic rings. The maximum absolute atomic E-state index is 4.31. The summed E-state index contributed by atoms with van der Waals surface area (Å²) in [6, 6.07) is 10.1. The Bertz CT molecular complexity index is 330. The third kappa shape index (κ3) is 2.36. The molecule has 1 aliphatic rings. The van der Waals surface area contributed by atoms with Crippen molar-refractivity contribution in [3.8, 4) is 0 Å². The summed E-state index contributed by atoms with van der Waals surface area (Å²) in [5.74, 6) is 0. The summed E-state index contributed by atoms with van der Waals surface area (Å²) in [6.07, 6.45) is 2.04. The topological polar surface area (TPSA) is 24.4 Å². The first kappa shape index (κ1) is 8.38. The molecule has 2 nitrogen and oxygen atoms in total. The lowest BCUT2D eigenvalue weighted by atomic mass is 10.3. The van der Waals surface area contributed by atoms with Gasteiger partial charge in [0.1, 0.15) is 0 Å². The van der Waals surface area contributed by atoms with Gasteiger partial charge in [-0.1, -0.05) is 36.0 Å². The molecule has 1 aliphatic heterocycles. The maximum Gasteiger partial charge on any atom is 0.165 e. The molecule has 1 N–H and O–H groups in total. The Labute approximate surface area is 81.8 Å². The fraction of sp³-hybridized carbons (Fsp3) is 0.100. The molecule has 0 radical (unpaired) electrons. The van der Waals surface area contributed by atoms with Gasteiger partial charge in [0.2, 0.25) is 0 Å². The Morgan fingerprint density at radius 3 is 2.77 bits per heavy atom. The second kappa shape index (κ2) is 4.14. The second-order valence-corrected chi connectivity index (χ2v) is 3.52. The summed E-state index contributed by atoms with van der Waals surface area (Å²) < 4.78 is 0. The predicted molar refractivity (Wildman–Crippen MR) is 59.1 cm³/mol. The van der Waals surface area contributed by atoms with Crippen LogP contribution in [0.1, 0.15) is 0 Å². The molecule has 0 aliphatic carbocycles. The Hall–Kier alpha value is -1.22. The zero-order chi connectivity index (χ0) is 8.93. The highest BCUT2D eigenvalue weighted by Gasteiger charge is 2.00. The smallest absolute Gasteiger partial charge is 0.165 e. The molecule has 0 amide bonds. The first-order valence-corrected chi connectivity index (χ1v) is 5.01. The van der Waals surface area contributed by atoms with Crippen molar-refractivity contribution in [1.82, 2.24) is 0 Å². The van der Waals surface area contributed by atoms with Gasteiger partial charge in [-0.05, 0) is 17.5 Å². The summed E-state index contributed by atoms with van der Waals surface area (Å²) in [4.78, 5) is 4.31. The van der Waals surface area contributed by atoms with Crippen molar-refractivity contribution < 1.29 is 0 Å². The third-order valence-electron chi connectivity index (χ3n) is 1.64. The van der Waals surface area contributed by atoms with Gasteiger partial charge in [0.15, 0.2) is 5.17 Å². The lowest BCUT2D eigenvalue weighted by molar-refractivity contribution is 1.25. The number of para-hydroxylation sites is 1. The summed E-state index contributed by atoms with van der Waals surface area (Å²) in [7, 11) is 0. The largest absolute Gasteiger partial charge is 0.335 e. The zero-order valence-corrected chi connectivity index (χ0v) is 7.92. The zero-order valence-electron chi connectivity index (χ0n) is 7.10. The van der Waals surface area contributed by atoms with Gasteiger partial charge >= 0.3 is 0 Å². The van der Waals surface area contributed by atoms with Crippen LogP contribution in [0.2, 0.25) is 0 Å². The quantitative estimate of drug-likeness (QED) is 0.736. The molecule has 0 unspecified atom stereocenters. The highest BCUT2D eigenvalue weighted by Crippen LogP contribution is 2.14. The Kier molecular flexibility index (Phi) is 2.67. The van der Waals surface area contributed by atoms with Gasteiger partial charge in [-0.3, -0.25) is 4.99 Å². The normalized spacial score (nSPS) is 15.2. The lowest BCUT2D eigenvalue weighted by Gasteiger charge is -2.08. The molecular formula is C10H10N2S. The van der Waals surface area contributed by atoms with Crippen LogP contribution in [0.5, 0.6) is 0 Å². The Morgan fingerprint density at radius 2 is 2.08 bits per heavy atom. The van der Waals surface area contributed by atoms with E-state index in [0.29, 0.717) is 0 Å². The summed E-state index contributed by atoms with van der Waals surface area (Å²) in [5, 5.41) is 6.26. The van der Waals surface area contributed by atoms with E-state index < -0.39 is 0 Å². The van der Waals surface area contributed by atoms with Gasteiger partial charge in [-0.15, -0.1) is 0 Å². The highest BCUT2D eigenvalue weighted by atomic mass is 32.2. The summed E-state index contributed by atoms with van der Waals surface area (Å²) >= 11 is 1.62. The second-order valence-electron chi connectivity index (χ2n) is 2.63. The van der Waals surface area contributed by atoms with Crippen LogP contribution in [0.3, 0.4) is 0 Å². The highest BCUT2D eigenvalue weighted by molar-refractivity contribution is 8.16. The van der Waals surface area contributed by atoms with Crippen molar-refractivity contribution in [1.29, 1.82) is 0 Å². The minimum Gasteiger partial charge on any atom is -0.335 e. The van der Waals surface area contributed by atoms with Crippen LogP contribution in [-0.4, -0.2) is 11.7 Å². The molecule has 0 saturated heterocycles. The van der Waals surface area contributed by atoms with Crippen molar-refractivity contribution >= 4 is 22.6 Å². The van der Waals surface area contributed by atoms with Crippen LogP contribution < -0.4 is 5.32 Å². The fourth-order valence-electron chi connectivity index (χ4n) is 1.04. The van der Waals surface area contributed by atoms with Crippen LogP contribution in [-0.2, 0) is 0 Å². The van der Waals surface area contributed by atoms with Crippen molar-refractivity contribution in [2.75, 3.05) is 11.9 Å². The number of rotatable bonds is 1. The van der Waals surface area contributed by atoms with Crippen LogP contribution in [0.4, 0.5) is 5.69 Å². The number of anilines is 1. The molecule has 66 valence electrons. The Morgan fingerprint density at radius 1 is 1.23 bits per heavy atom. The molecule has 2 rings (SSSR count). The van der Waals surface area contributed by atoms with Crippen LogP contribution in [0.15, 0.2) is 46.8 Å². The van der Waals surface area contributed by atoms with E-state index in [1.807, 2.05) is 36.4 Å². The monoisotopic (exact) mass is 190 g/mol. The van der Waals surface area contributed by atoms with Gasteiger partial charge < -0.3 is 5.32 Å². The minimum absolute atomic E-state index is 0.780. The third-order valence-corrected chi connectivity index (χ3v) is 2.42. The van der Waals surface area contributed by atoms with Crippen molar-refractivity contribution in [3.63, 3.8) is 0 Å². The minimum atomic E-state index is 0.780. The van der Waals surface area contributed by atoms with Crippen molar-refractivity contribution in [3.05, 3.63) is 41.8 Å². The van der Waals surface area contributed by atoms with Crippen LogP contribution in [0, 0.1) is 0 Å². The van der Waals surface area contributed by atoms with Crippen molar-refractivity contribution in [2.24, 2.45) is 4.99 Å². The molecule has 3 heteroatoms. The number of amidine groups is 1. The summed E-state index contributed by atoms with van der Waals surface area (Å²) in [5.41, 5.74) is 1.09. The number of nitrogens with zero attached hydrogens (tertiary/aromatic N) is 1. The number of benzene rings is 1. The van der Waals surface area contributed by atoms with Gasteiger partial charge in [0.05, 0.1) is 6.54 Å². The molecule has 0 atom stereocenters. The SMILES string of the molecule is C1=CSC(Nc2ccccc2)=NC1. The predicted octanol–water partition coefficient (Wildman–Crippen LogP) is 2.72. The Balaban J connectivity index is 2.02. The van der Waals surface area contributed by atoms with E-state index in [-0.39, 0.29) is 0 Å². The molecule has 0 spiro atoms.